The Morgan fingerprint density at radius 1 is 1.09 bits per heavy atom. The molecule has 0 aromatic heterocycles. The zero-order valence-electron chi connectivity index (χ0n) is 11.3. The largest absolute Gasteiger partial charge is 0.294 e. The minimum Gasteiger partial charge on any atom is -0.294 e. The van der Waals surface area contributed by atoms with Gasteiger partial charge in [-0.25, -0.2) is 0 Å². The van der Waals surface area contributed by atoms with E-state index < -0.39 is 11.9 Å². The number of nitriles is 1. The van der Waals surface area contributed by atoms with Crippen LogP contribution in [0.2, 0.25) is 10.0 Å². The lowest BCUT2D eigenvalue weighted by Crippen LogP contribution is -2.32. The Kier molecular flexibility index (Phi) is 3.89. The summed E-state index contributed by atoms with van der Waals surface area (Å²) in [5.41, 5.74) is 1.91. The summed E-state index contributed by atoms with van der Waals surface area (Å²) in [6.07, 6.45) is 3.39. The van der Waals surface area contributed by atoms with Gasteiger partial charge in [-0.3, -0.25) is 9.69 Å². The van der Waals surface area contributed by atoms with Crippen molar-refractivity contribution in [2.75, 3.05) is 0 Å². The number of carbonyl (C=O) groups is 1. The van der Waals surface area contributed by atoms with Gasteiger partial charge in [0.15, 0.2) is 0 Å². The van der Waals surface area contributed by atoms with Gasteiger partial charge in [0.05, 0.1) is 21.7 Å². The number of benzene rings is 2. The summed E-state index contributed by atoms with van der Waals surface area (Å²) in [4.78, 5) is 14.1. The lowest BCUT2D eigenvalue weighted by atomic mass is 9.96. The maximum absolute atomic E-state index is 12.8. The predicted octanol–water partition coefficient (Wildman–Crippen LogP) is 4.68. The molecule has 1 unspecified atom stereocenters. The van der Waals surface area contributed by atoms with Crippen molar-refractivity contribution in [2.45, 2.75) is 6.04 Å². The number of hydrogen-bond acceptors (Lipinski definition) is 2. The molecule has 0 N–H and O–H groups in total. The van der Waals surface area contributed by atoms with E-state index in [0.29, 0.717) is 0 Å². The van der Waals surface area contributed by atoms with E-state index in [4.69, 9.17) is 23.2 Å². The smallest absolute Gasteiger partial charge is 0.262 e. The molecule has 0 radical (unpaired) electrons. The summed E-state index contributed by atoms with van der Waals surface area (Å²) in [5.74, 6) is -0.395. The quantitative estimate of drug-likeness (QED) is 0.762. The van der Waals surface area contributed by atoms with Gasteiger partial charge in [-0.05, 0) is 29.3 Å². The third-order valence-electron chi connectivity index (χ3n) is 3.52. The zero-order valence-corrected chi connectivity index (χ0v) is 12.8. The van der Waals surface area contributed by atoms with Crippen LogP contribution < -0.4 is 0 Å². The van der Waals surface area contributed by atoms with Gasteiger partial charge in [0.2, 0.25) is 0 Å². The first-order valence-electron chi connectivity index (χ1n) is 6.57. The van der Waals surface area contributed by atoms with Crippen molar-refractivity contribution < 1.29 is 4.79 Å². The molecule has 22 heavy (non-hydrogen) atoms. The molecule has 1 aliphatic rings. The average Bonchev–Trinajstić information content (AvgIpc) is 2.53. The number of rotatable bonds is 1. The maximum Gasteiger partial charge on any atom is 0.262 e. The number of carbonyl (C=O) groups excluding carboxylic acids is 1. The summed E-state index contributed by atoms with van der Waals surface area (Å²) in [6, 6.07) is 13.8. The molecule has 1 aliphatic heterocycles. The van der Waals surface area contributed by atoms with Crippen LogP contribution in [0.4, 0.5) is 0 Å². The van der Waals surface area contributed by atoms with E-state index >= 15 is 0 Å². The van der Waals surface area contributed by atoms with Crippen molar-refractivity contribution >= 4 is 35.2 Å². The van der Waals surface area contributed by atoms with Gasteiger partial charge in [-0.2, -0.15) is 5.26 Å². The molecule has 0 fully saturated rings. The second kappa shape index (κ2) is 5.84. The minimum atomic E-state index is -0.707. The third kappa shape index (κ3) is 2.37. The first-order chi connectivity index (χ1) is 10.6. The van der Waals surface area contributed by atoms with Gasteiger partial charge in [0, 0.05) is 6.20 Å². The van der Waals surface area contributed by atoms with Crippen LogP contribution in [0.3, 0.4) is 0 Å². The average molecular weight is 329 g/mol. The lowest BCUT2D eigenvalue weighted by Gasteiger charge is -2.29. The van der Waals surface area contributed by atoms with Crippen LogP contribution in [-0.4, -0.2) is 10.8 Å². The number of fused-ring (bicyclic) bond motifs is 1. The number of hydrogen-bond donors (Lipinski definition) is 0. The number of amides is 1. The molecule has 1 heterocycles. The minimum absolute atomic E-state index is 0.204. The Hall–Kier alpha value is -2.28. The molecular weight excluding hydrogens is 319 g/mol. The standard InChI is InChI=1S/C17H10Cl2N2O/c18-13-6-3-7-14(19)16(13)17(22)21-9-8-11-4-1-2-5-12(11)15(21)10-20/h1-9,15H. The molecule has 0 spiro atoms. The maximum atomic E-state index is 12.8. The molecule has 108 valence electrons. The normalized spacial score (nSPS) is 16.0. The Balaban J connectivity index is 2.07. The highest BCUT2D eigenvalue weighted by atomic mass is 35.5. The van der Waals surface area contributed by atoms with Gasteiger partial charge in [-0.1, -0.05) is 53.5 Å². The molecule has 1 atom stereocenters. The van der Waals surface area contributed by atoms with Crippen molar-refractivity contribution in [3.05, 3.63) is 75.4 Å². The van der Waals surface area contributed by atoms with Crippen molar-refractivity contribution in [2.24, 2.45) is 0 Å². The van der Waals surface area contributed by atoms with E-state index in [2.05, 4.69) is 6.07 Å². The van der Waals surface area contributed by atoms with E-state index in [1.807, 2.05) is 24.3 Å². The Labute approximate surface area is 138 Å². The monoisotopic (exact) mass is 328 g/mol. The fraction of sp³-hybridized carbons (Fsp3) is 0.0588. The van der Waals surface area contributed by atoms with Crippen molar-refractivity contribution in [3.63, 3.8) is 0 Å². The van der Waals surface area contributed by atoms with Gasteiger partial charge in [0.25, 0.3) is 5.91 Å². The Morgan fingerprint density at radius 3 is 2.45 bits per heavy atom. The highest BCUT2D eigenvalue weighted by molar-refractivity contribution is 6.39. The van der Waals surface area contributed by atoms with E-state index in [1.165, 1.54) is 4.90 Å². The molecule has 5 heteroatoms. The van der Waals surface area contributed by atoms with Crippen LogP contribution >= 0.6 is 23.2 Å². The molecule has 3 nitrogen and oxygen atoms in total. The van der Waals surface area contributed by atoms with Crippen molar-refractivity contribution in [1.82, 2.24) is 4.90 Å². The summed E-state index contributed by atoms with van der Waals surface area (Å²) < 4.78 is 0. The molecule has 2 aromatic carbocycles. The summed E-state index contributed by atoms with van der Waals surface area (Å²) in [7, 11) is 0. The summed E-state index contributed by atoms with van der Waals surface area (Å²) in [5, 5.41) is 10.0. The number of nitrogens with zero attached hydrogens (tertiary/aromatic N) is 2. The van der Waals surface area contributed by atoms with Gasteiger partial charge >= 0.3 is 0 Å². The van der Waals surface area contributed by atoms with Gasteiger partial charge in [-0.15, -0.1) is 0 Å². The second-order valence-electron chi connectivity index (χ2n) is 4.79. The van der Waals surface area contributed by atoms with E-state index in [1.54, 1.807) is 30.5 Å². The van der Waals surface area contributed by atoms with Crippen LogP contribution in [0.15, 0.2) is 48.7 Å². The van der Waals surface area contributed by atoms with Gasteiger partial charge < -0.3 is 0 Å². The SMILES string of the molecule is N#CC1c2ccccc2C=CN1C(=O)c1c(Cl)cccc1Cl. The molecule has 0 aliphatic carbocycles. The van der Waals surface area contributed by atoms with Crippen LogP contribution in [0.1, 0.15) is 27.5 Å². The highest BCUT2D eigenvalue weighted by Crippen LogP contribution is 2.33. The molecule has 1 amide bonds. The third-order valence-corrected chi connectivity index (χ3v) is 4.15. The molecule has 0 saturated heterocycles. The lowest BCUT2D eigenvalue weighted by molar-refractivity contribution is 0.0794. The Morgan fingerprint density at radius 2 is 1.77 bits per heavy atom. The predicted molar refractivity (Wildman–Crippen MR) is 86.5 cm³/mol. The van der Waals surface area contributed by atoms with Crippen LogP contribution in [0.5, 0.6) is 0 Å². The Bertz CT molecular complexity index is 803. The first kappa shape index (κ1) is 14.6. The van der Waals surface area contributed by atoms with E-state index in [-0.39, 0.29) is 15.6 Å². The highest BCUT2D eigenvalue weighted by Gasteiger charge is 2.30. The molecule has 0 saturated carbocycles. The van der Waals surface area contributed by atoms with Crippen molar-refractivity contribution in [3.8, 4) is 6.07 Å². The van der Waals surface area contributed by atoms with Crippen LogP contribution in [0, 0.1) is 11.3 Å². The summed E-state index contributed by atoms with van der Waals surface area (Å²) >= 11 is 12.2. The second-order valence-corrected chi connectivity index (χ2v) is 5.60. The number of halogens is 2. The van der Waals surface area contributed by atoms with Crippen LogP contribution in [-0.2, 0) is 0 Å². The molecule has 2 aromatic rings. The molecule has 0 bridgehead atoms. The topological polar surface area (TPSA) is 44.1 Å². The van der Waals surface area contributed by atoms with E-state index in [0.717, 1.165) is 11.1 Å². The zero-order chi connectivity index (χ0) is 15.7. The molecule has 3 rings (SSSR count). The van der Waals surface area contributed by atoms with E-state index in [9.17, 15) is 10.1 Å². The first-order valence-corrected chi connectivity index (χ1v) is 7.32. The van der Waals surface area contributed by atoms with Crippen LogP contribution in [0.25, 0.3) is 6.08 Å². The summed E-state index contributed by atoms with van der Waals surface area (Å²) in [6.45, 7) is 0. The fourth-order valence-electron chi connectivity index (χ4n) is 2.46. The van der Waals surface area contributed by atoms with Gasteiger partial charge in [0.1, 0.15) is 6.04 Å². The fourth-order valence-corrected chi connectivity index (χ4v) is 3.02. The molecular formula is C17H10Cl2N2O. The van der Waals surface area contributed by atoms with Crippen molar-refractivity contribution in [1.29, 1.82) is 5.26 Å².